The number of nitrogen functional groups attached to an aromatic ring is 1. The lowest BCUT2D eigenvalue weighted by Crippen LogP contribution is -2.81. The molecule has 1 aromatic carbocycles. The minimum atomic E-state index is -2.41. The minimum Gasteiger partial charge on any atom is -0.482 e. The van der Waals surface area contributed by atoms with Crippen LogP contribution < -0.4 is 19.9 Å². The molecule has 3 saturated carbocycles. The molecule has 17 nitrogen and oxygen atoms in total. The molecule has 0 amide bonds. The Labute approximate surface area is 372 Å². The summed E-state index contributed by atoms with van der Waals surface area (Å²) in [5.74, 6) is -5.27. The molecule has 3 aliphatic carbocycles. The number of carbonyl (C=O) groups excluding carboxylic acids is 3. The molecule has 8 rings (SSSR count). The van der Waals surface area contributed by atoms with Gasteiger partial charge in [0.25, 0.3) is 0 Å². The van der Waals surface area contributed by atoms with E-state index in [1.807, 2.05) is 60.6 Å². The number of fused-ring (bicyclic) bond motifs is 4. The van der Waals surface area contributed by atoms with Gasteiger partial charge in [0.15, 0.2) is 22.8 Å². The van der Waals surface area contributed by atoms with Gasteiger partial charge in [0.2, 0.25) is 12.2 Å². The van der Waals surface area contributed by atoms with Crippen molar-refractivity contribution in [1.29, 1.82) is 0 Å². The number of ether oxygens (including phenoxy) is 5. The van der Waals surface area contributed by atoms with Crippen LogP contribution in [0.2, 0.25) is 0 Å². The van der Waals surface area contributed by atoms with E-state index in [2.05, 4.69) is 16.2 Å². The number of aromatic nitrogens is 3. The molecular formula is C47H62N4O13. The SMILES string of the molecule is COC(=O)/C(C)=C\CC1(O)C(=O)C2CC(C(C)C)C13Oc1c(CC=C(C)C)c4c(c(O[C@H]5O[C@@H](CO)[C@H](O)[C@@H](O)[C@@H]5O)c1C(=O)C3C2n1cnc(N)n1)C=CC(C)(CCC=C(C)C)O4. The van der Waals surface area contributed by atoms with Gasteiger partial charge in [-0.05, 0) is 85.3 Å². The van der Waals surface area contributed by atoms with E-state index in [-0.39, 0.29) is 58.7 Å². The average Bonchev–Trinajstić information content (AvgIpc) is 3.68. The summed E-state index contributed by atoms with van der Waals surface area (Å²) in [5, 5.41) is 60.8. The zero-order chi connectivity index (χ0) is 46.8. The van der Waals surface area contributed by atoms with Gasteiger partial charge in [-0.3, -0.25) is 9.59 Å². The number of nitrogens with two attached hydrogens (primary N) is 1. The van der Waals surface area contributed by atoms with Crippen LogP contribution in [0.3, 0.4) is 0 Å². The van der Waals surface area contributed by atoms with Gasteiger partial charge in [-0.15, -0.1) is 5.10 Å². The van der Waals surface area contributed by atoms with Crippen LogP contribution in [0.25, 0.3) is 6.08 Å². The number of aliphatic hydroxyl groups excluding tert-OH is 4. The highest BCUT2D eigenvalue weighted by molar-refractivity contribution is 6.10. The second-order valence-corrected chi connectivity index (χ2v) is 18.9. The molecule has 0 radical (unpaired) electrons. The maximum absolute atomic E-state index is 16.3. The Morgan fingerprint density at radius 1 is 1.03 bits per heavy atom. The van der Waals surface area contributed by atoms with Gasteiger partial charge in [-0.25, -0.2) is 14.5 Å². The highest BCUT2D eigenvalue weighted by atomic mass is 16.7. The van der Waals surface area contributed by atoms with Crippen molar-refractivity contribution >= 4 is 29.6 Å². The van der Waals surface area contributed by atoms with Crippen molar-refractivity contribution in [3.05, 3.63) is 64.0 Å². The molecule has 4 fully saturated rings. The third kappa shape index (κ3) is 7.66. The molecule has 64 heavy (non-hydrogen) atoms. The zero-order valence-corrected chi connectivity index (χ0v) is 37.9. The first-order valence-corrected chi connectivity index (χ1v) is 21.9. The quantitative estimate of drug-likeness (QED) is 0.0951. The fourth-order valence-electron chi connectivity index (χ4n) is 10.4. The molecule has 6 aliphatic rings. The van der Waals surface area contributed by atoms with Gasteiger partial charge in [-0.1, -0.05) is 43.2 Å². The number of hydrogen-bond acceptors (Lipinski definition) is 16. The fourth-order valence-corrected chi connectivity index (χ4v) is 10.4. The normalized spacial score (nSPS) is 34.0. The van der Waals surface area contributed by atoms with Crippen LogP contribution >= 0.6 is 0 Å². The Morgan fingerprint density at radius 2 is 1.73 bits per heavy atom. The van der Waals surface area contributed by atoms with Crippen molar-refractivity contribution < 1.29 is 63.6 Å². The highest BCUT2D eigenvalue weighted by Gasteiger charge is 2.79. The molecule has 7 unspecified atom stereocenters. The van der Waals surface area contributed by atoms with Crippen molar-refractivity contribution in [1.82, 2.24) is 14.8 Å². The predicted octanol–water partition coefficient (Wildman–Crippen LogP) is 3.75. The van der Waals surface area contributed by atoms with E-state index in [9.17, 15) is 30.3 Å². The van der Waals surface area contributed by atoms with Crippen LogP contribution in [0.4, 0.5) is 5.95 Å². The Balaban J connectivity index is 1.56. The number of benzene rings is 1. The summed E-state index contributed by atoms with van der Waals surface area (Å²) in [6.45, 7) is 14.4. The molecule has 7 N–H and O–H groups in total. The van der Waals surface area contributed by atoms with Gasteiger partial charge in [0.1, 0.15) is 59.2 Å². The second-order valence-electron chi connectivity index (χ2n) is 18.9. The van der Waals surface area contributed by atoms with Gasteiger partial charge in [0.05, 0.1) is 31.2 Å². The number of anilines is 1. The largest absolute Gasteiger partial charge is 0.482 e. The first-order chi connectivity index (χ1) is 30.1. The summed E-state index contributed by atoms with van der Waals surface area (Å²) in [5.41, 5.74) is 3.49. The molecule has 348 valence electrons. The van der Waals surface area contributed by atoms with Crippen LogP contribution in [-0.2, 0) is 25.5 Å². The highest BCUT2D eigenvalue weighted by Crippen LogP contribution is 2.67. The third-order valence-corrected chi connectivity index (χ3v) is 13.7. The maximum atomic E-state index is 16.3. The lowest BCUT2D eigenvalue weighted by molar-refractivity contribution is -0.277. The van der Waals surface area contributed by atoms with Crippen LogP contribution in [0.1, 0.15) is 109 Å². The number of allylic oxidation sites excluding steroid dienone is 4. The Morgan fingerprint density at radius 3 is 2.34 bits per heavy atom. The van der Waals surface area contributed by atoms with E-state index in [0.717, 1.165) is 11.1 Å². The van der Waals surface area contributed by atoms with Crippen molar-refractivity contribution in [3.8, 4) is 17.2 Å². The van der Waals surface area contributed by atoms with Gasteiger partial charge in [-0.2, -0.15) is 0 Å². The lowest BCUT2D eigenvalue weighted by Gasteiger charge is -2.66. The molecule has 2 aromatic rings. The number of carbonyl (C=O) groups is 3. The molecule has 1 aromatic heterocycles. The number of nitrogens with zero attached hydrogens (tertiary/aromatic N) is 3. The Kier molecular flexibility index (Phi) is 12.9. The summed E-state index contributed by atoms with van der Waals surface area (Å²) in [7, 11) is 1.22. The van der Waals surface area contributed by atoms with Crippen LogP contribution in [0.15, 0.2) is 47.4 Å². The molecule has 3 aliphatic heterocycles. The van der Waals surface area contributed by atoms with Crippen LogP contribution in [0.5, 0.6) is 17.2 Å². The number of methoxy groups -OCH3 is 1. The van der Waals surface area contributed by atoms with E-state index in [0.29, 0.717) is 18.4 Å². The molecule has 4 heterocycles. The number of aliphatic hydroxyl groups is 5. The number of ketones is 2. The molecule has 2 bridgehead atoms. The van der Waals surface area contributed by atoms with E-state index in [1.54, 1.807) is 6.08 Å². The van der Waals surface area contributed by atoms with Gasteiger partial charge in [0, 0.05) is 29.4 Å². The standard InChI is InChI=1S/C47H62N4O13/c1-22(2)11-10-16-45(8)17-15-27-38(63-45)26(13-12-23(3)4)40-31(39(27)62-43-37(56)36(55)34(53)30(20-52)61-43)35(54)32-33(51-21-49-44(48)50-51)28-19-29(24(5)6)47(32,64-40)46(59,41(28)57)18-14-25(7)42(58)60-9/h11-12,14-15,17,21,24,28-30,32-34,36-37,43,52-53,55-56,59H,10,13,16,18-20H2,1-9H3,(H2,48,50)/b25-14-/t28?,29?,30-,32?,33?,34-,36+,37-,43+,45?,46?,47?/m0/s1. The molecular weight excluding hydrogens is 829 g/mol. The summed E-state index contributed by atoms with van der Waals surface area (Å²) in [6.07, 6.45) is 3.10. The van der Waals surface area contributed by atoms with Crippen molar-refractivity contribution in [2.45, 2.75) is 141 Å². The van der Waals surface area contributed by atoms with Crippen molar-refractivity contribution in [2.24, 2.45) is 23.7 Å². The minimum absolute atomic E-state index is 0.0400. The second kappa shape index (κ2) is 17.5. The van der Waals surface area contributed by atoms with Gasteiger partial charge < -0.3 is 55.0 Å². The molecule has 17 heteroatoms. The maximum Gasteiger partial charge on any atom is 0.333 e. The number of rotatable bonds is 13. The number of esters is 1. The molecule has 1 spiro atoms. The molecule has 12 atom stereocenters. The monoisotopic (exact) mass is 890 g/mol. The molecule has 1 saturated heterocycles. The Hall–Kier alpha value is -4.91. The first kappa shape index (κ1) is 47.1. The number of Topliss-reactive ketones (excluding diaryl/α,β-unsaturated/α-hetero) is 2. The van der Waals surface area contributed by atoms with Crippen LogP contribution in [0, 0.1) is 23.7 Å². The zero-order valence-electron chi connectivity index (χ0n) is 37.9. The summed E-state index contributed by atoms with van der Waals surface area (Å²) >= 11 is 0. The summed E-state index contributed by atoms with van der Waals surface area (Å²) in [6, 6.07) is -1.08. The summed E-state index contributed by atoms with van der Waals surface area (Å²) in [4.78, 5) is 48.3. The first-order valence-electron chi connectivity index (χ1n) is 21.9. The van der Waals surface area contributed by atoms with E-state index < -0.39 is 102 Å². The van der Waals surface area contributed by atoms with Crippen LogP contribution in [-0.4, -0.2) is 119 Å². The smallest absolute Gasteiger partial charge is 0.333 e. The number of hydrogen-bond donors (Lipinski definition) is 6. The average molecular weight is 891 g/mol. The summed E-state index contributed by atoms with van der Waals surface area (Å²) < 4.78 is 33.2. The van der Waals surface area contributed by atoms with Gasteiger partial charge >= 0.3 is 5.97 Å². The van der Waals surface area contributed by atoms with Crippen molar-refractivity contribution in [2.75, 3.05) is 19.5 Å². The Bertz CT molecular complexity index is 2310. The van der Waals surface area contributed by atoms with E-state index in [4.69, 9.17) is 29.4 Å². The lowest BCUT2D eigenvalue weighted by atomic mass is 9.43. The van der Waals surface area contributed by atoms with E-state index >= 15 is 9.59 Å². The topological polar surface area (TPSA) is 255 Å². The van der Waals surface area contributed by atoms with Crippen molar-refractivity contribution in [3.63, 3.8) is 0 Å². The fraction of sp³-hybridized carbons (Fsp3) is 0.596. The third-order valence-electron chi connectivity index (χ3n) is 13.7. The van der Waals surface area contributed by atoms with E-state index in [1.165, 1.54) is 31.1 Å². The predicted molar refractivity (Wildman–Crippen MR) is 232 cm³/mol.